The smallest absolute Gasteiger partial charge is 0.141 e. The highest BCUT2D eigenvalue weighted by Gasteiger charge is 2.19. The summed E-state index contributed by atoms with van der Waals surface area (Å²) in [7, 11) is 0. The van der Waals surface area contributed by atoms with Gasteiger partial charge >= 0.3 is 0 Å². The van der Waals surface area contributed by atoms with E-state index in [1.54, 1.807) is 6.20 Å². The molecular formula is C11H13FN4S. The summed E-state index contributed by atoms with van der Waals surface area (Å²) >= 11 is 1.25. The second kappa shape index (κ2) is 4.85. The zero-order valence-electron chi connectivity index (χ0n) is 9.59. The minimum Gasteiger partial charge on any atom is -0.319 e. The average Bonchev–Trinajstić information content (AvgIpc) is 2.77. The number of rotatable bonds is 3. The molecule has 0 bridgehead atoms. The largest absolute Gasteiger partial charge is 0.319 e. The van der Waals surface area contributed by atoms with Crippen LogP contribution in [-0.2, 0) is 0 Å². The molecule has 0 fully saturated rings. The first-order valence-corrected chi connectivity index (χ1v) is 6.05. The molecule has 2 N–H and O–H groups in total. The van der Waals surface area contributed by atoms with Gasteiger partial charge in [0.2, 0.25) is 0 Å². The molecule has 1 unspecified atom stereocenters. The molecule has 2 heterocycles. The van der Waals surface area contributed by atoms with Gasteiger partial charge in [-0.25, -0.2) is 4.39 Å². The number of hydrogen-bond donors (Lipinski definition) is 1. The lowest BCUT2D eigenvalue weighted by atomic mass is 10.0. The first-order chi connectivity index (χ1) is 8.09. The Morgan fingerprint density at radius 2 is 2.12 bits per heavy atom. The van der Waals surface area contributed by atoms with E-state index < -0.39 is 6.04 Å². The third-order valence-corrected chi connectivity index (χ3v) is 3.28. The predicted molar refractivity (Wildman–Crippen MR) is 64.2 cm³/mol. The number of nitrogens with zero attached hydrogens (tertiary/aromatic N) is 3. The van der Waals surface area contributed by atoms with E-state index in [4.69, 9.17) is 5.73 Å². The molecule has 0 aliphatic carbocycles. The topological polar surface area (TPSA) is 64.7 Å². The van der Waals surface area contributed by atoms with E-state index in [-0.39, 0.29) is 11.7 Å². The molecule has 2 aromatic rings. The van der Waals surface area contributed by atoms with E-state index >= 15 is 0 Å². The SMILES string of the molecule is CC(C)c1nnsc1C(N)c1cncc(F)c1. The molecule has 2 rings (SSSR count). The standard InChI is InChI=1S/C11H13FN4S/c1-6(2)10-11(17-16-15-10)9(13)7-3-8(12)5-14-4-7/h3-6,9H,13H2,1-2H3. The van der Waals surface area contributed by atoms with Gasteiger partial charge < -0.3 is 5.73 Å². The van der Waals surface area contributed by atoms with Crippen LogP contribution < -0.4 is 5.73 Å². The van der Waals surface area contributed by atoms with Crippen molar-refractivity contribution in [1.82, 2.24) is 14.6 Å². The van der Waals surface area contributed by atoms with Crippen molar-refractivity contribution in [1.29, 1.82) is 0 Å². The van der Waals surface area contributed by atoms with Crippen molar-refractivity contribution >= 4 is 11.5 Å². The zero-order valence-corrected chi connectivity index (χ0v) is 10.4. The van der Waals surface area contributed by atoms with Gasteiger partial charge in [0.25, 0.3) is 0 Å². The third kappa shape index (κ3) is 2.48. The van der Waals surface area contributed by atoms with Gasteiger partial charge in [0.15, 0.2) is 0 Å². The Morgan fingerprint density at radius 1 is 1.35 bits per heavy atom. The normalized spacial score (nSPS) is 13.0. The van der Waals surface area contributed by atoms with Crippen LogP contribution in [0, 0.1) is 5.82 Å². The Hall–Kier alpha value is -1.40. The van der Waals surface area contributed by atoms with Crippen LogP contribution in [0.3, 0.4) is 0 Å². The zero-order chi connectivity index (χ0) is 12.4. The Bertz CT molecular complexity index is 512. The average molecular weight is 252 g/mol. The predicted octanol–water partition coefficient (Wildman–Crippen LogP) is 2.24. The van der Waals surface area contributed by atoms with Gasteiger partial charge in [-0.3, -0.25) is 4.98 Å². The Morgan fingerprint density at radius 3 is 2.76 bits per heavy atom. The van der Waals surface area contributed by atoms with E-state index in [1.807, 2.05) is 13.8 Å². The summed E-state index contributed by atoms with van der Waals surface area (Å²) in [6.45, 7) is 4.05. The van der Waals surface area contributed by atoms with Crippen molar-refractivity contribution in [3.8, 4) is 0 Å². The van der Waals surface area contributed by atoms with Crippen molar-refractivity contribution < 1.29 is 4.39 Å². The molecule has 0 amide bonds. The van der Waals surface area contributed by atoms with Crippen molar-refractivity contribution in [2.24, 2.45) is 5.73 Å². The maximum atomic E-state index is 13.1. The van der Waals surface area contributed by atoms with E-state index in [1.165, 1.54) is 17.6 Å². The summed E-state index contributed by atoms with van der Waals surface area (Å²) in [5.74, 6) is -0.141. The van der Waals surface area contributed by atoms with Crippen LogP contribution in [0.1, 0.15) is 41.9 Å². The van der Waals surface area contributed by atoms with Crippen molar-refractivity contribution in [3.63, 3.8) is 0 Å². The van der Waals surface area contributed by atoms with Gasteiger partial charge in [0.05, 0.1) is 22.8 Å². The van der Waals surface area contributed by atoms with Crippen LogP contribution in [0.2, 0.25) is 0 Å². The Balaban J connectivity index is 2.37. The van der Waals surface area contributed by atoms with Crippen molar-refractivity contribution in [2.75, 3.05) is 0 Å². The fourth-order valence-corrected chi connectivity index (χ4v) is 2.41. The highest BCUT2D eigenvalue weighted by molar-refractivity contribution is 7.05. The molecule has 0 aromatic carbocycles. The minimum atomic E-state index is -0.421. The van der Waals surface area contributed by atoms with Crippen LogP contribution in [0.25, 0.3) is 0 Å². The fourth-order valence-electron chi connectivity index (χ4n) is 1.57. The first kappa shape index (κ1) is 12.1. The molecule has 0 aliphatic heterocycles. The van der Waals surface area contributed by atoms with Crippen molar-refractivity contribution in [3.05, 3.63) is 40.4 Å². The molecule has 6 heteroatoms. The second-order valence-electron chi connectivity index (χ2n) is 4.09. The molecule has 0 saturated carbocycles. The number of halogens is 1. The lowest BCUT2D eigenvalue weighted by Gasteiger charge is -2.12. The quantitative estimate of drug-likeness (QED) is 0.909. The van der Waals surface area contributed by atoms with Gasteiger partial charge in [-0.15, -0.1) is 5.10 Å². The van der Waals surface area contributed by atoms with Gasteiger partial charge in [-0.05, 0) is 29.1 Å². The Kier molecular flexibility index (Phi) is 3.44. The molecule has 2 aromatic heterocycles. The molecule has 0 radical (unpaired) electrons. The number of nitrogens with two attached hydrogens (primary N) is 1. The summed E-state index contributed by atoms with van der Waals surface area (Å²) in [6.07, 6.45) is 2.72. The van der Waals surface area contributed by atoms with E-state index in [2.05, 4.69) is 14.6 Å². The first-order valence-electron chi connectivity index (χ1n) is 5.27. The molecule has 4 nitrogen and oxygen atoms in total. The fraction of sp³-hybridized carbons (Fsp3) is 0.364. The molecule has 0 aliphatic rings. The second-order valence-corrected chi connectivity index (χ2v) is 4.88. The summed E-state index contributed by atoms with van der Waals surface area (Å²) in [5.41, 5.74) is 7.60. The number of pyridine rings is 1. The van der Waals surface area contributed by atoms with Crippen molar-refractivity contribution in [2.45, 2.75) is 25.8 Å². The third-order valence-electron chi connectivity index (χ3n) is 2.45. The highest BCUT2D eigenvalue weighted by atomic mass is 32.1. The Labute approximate surface area is 103 Å². The molecule has 0 spiro atoms. The van der Waals surface area contributed by atoms with Crippen LogP contribution in [0.4, 0.5) is 4.39 Å². The maximum Gasteiger partial charge on any atom is 0.141 e. The van der Waals surface area contributed by atoms with Gasteiger partial charge in [0, 0.05) is 6.20 Å². The van der Waals surface area contributed by atoms with E-state index in [9.17, 15) is 4.39 Å². The van der Waals surface area contributed by atoms with E-state index in [0.29, 0.717) is 5.56 Å². The van der Waals surface area contributed by atoms with Crippen LogP contribution >= 0.6 is 11.5 Å². The monoisotopic (exact) mass is 252 g/mol. The molecule has 17 heavy (non-hydrogen) atoms. The minimum absolute atomic E-state index is 0.247. The molecule has 1 atom stereocenters. The summed E-state index contributed by atoms with van der Waals surface area (Å²) in [4.78, 5) is 4.67. The van der Waals surface area contributed by atoms with Gasteiger partial charge in [-0.2, -0.15) is 0 Å². The van der Waals surface area contributed by atoms with Gasteiger partial charge in [-0.1, -0.05) is 18.3 Å². The van der Waals surface area contributed by atoms with Crippen LogP contribution in [-0.4, -0.2) is 14.6 Å². The van der Waals surface area contributed by atoms with Gasteiger partial charge in [0.1, 0.15) is 5.82 Å². The lowest BCUT2D eigenvalue weighted by molar-refractivity contribution is 0.616. The molecule has 90 valence electrons. The maximum absolute atomic E-state index is 13.1. The highest BCUT2D eigenvalue weighted by Crippen LogP contribution is 2.28. The molecular weight excluding hydrogens is 239 g/mol. The summed E-state index contributed by atoms with van der Waals surface area (Å²) in [5, 5.41) is 4.06. The number of hydrogen-bond acceptors (Lipinski definition) is 5. The number of aromatic nitrogens is 3. The summed E-state index contributed by atoms with van der Waals surface area (Å²) in [6, 6.07) is 0.970. The lowest BCUT2D eigenvalue weighted by Crippen LogP contribution is -2.13. The van der Waals surface area contributed by atoms with E-state index in [0.717, 1.165) is 16.8 Å². The van der Waals surface area contributed by atoms with Crippen LogP contribution in [0.15, 0.2) is 18.5 Å². The summed E-state index contributed by atoms with van der Waals surface area (Å²) < 4.78 is 17.0. The van der Waals surface area contributed by atoms with Crippen LogP contribution in [0.5, 0.6) is 0 Å². The molecule has 0 saturated heterocycles.